The van der Waals surface area contributed by atoms with E-state index in [0.717, 1.165) is 28.6 Å². The second-order valence-electron chi connectivity index (χ2n) is 8.42. The molecule has 4 rings (SSSR count). The Balaban J connectivity index is 1.87. The van der Waals surface area contributed by atoms with E-state index < -0.39 is 33.1 Å². The zero-order valence-corrected chi connectivity index (χ0v) is 20.8. The maximum Gasteiger partial charge on any atom is 0.343 e. The number of fused-ring (bicyclic) bond motifs is 1. The minimum atomic E-state index is -0.933. The molecule has 13 heteroatoms. The second kappa shape index (κ2) is 10.0. The summed E-state index contributed by atoms with van der Waals surface area (Å²) in [6.07, 6.45) is 1.20. The number of nitro groups is 2. The average molecular weight is 518 g/mol. The van der Waals surface area contributed by atoms with Gasteiger partial charge in [-0.05, 0) is 44.9 Å². The lowest BCUT2D eigenvalue weighted by molar-refractivity contribution is -0.395. The number of aromatic nitrogens is 3. The van der Waals surface area contributed by atoms with E-state index in [2.05, 4.69) is 15.4 Å². The van der Waals surface area contributed by atoms with Crippen LogP contribution in [0.25, 0.3) is 16.7 Å². The number of pyridine rings is 1. The highest BCUT2D eigenvalue weighted by Gasteiger charge is 2.28. The molecular weight excluding hydrogens is 496 g/mol. The van der Waals surface area contributed by atoms with Crippen molar-refractivity contribution in [2.45, 2.75) is 27.7 Å². The number of nitrogens with zero attached hydrogens (tertiary/aromatic N) is 5. The van der Waals surface area contributed by atoms with Crippen LogP contribution in [0, 0.1) is 41.0 Å². The Bertz CT molecular complexity index is 1610. The van der Waals surface area contributed by atoms with Gasteiger partial charge in [0.05, 0.1) is 33.7 Å². The van der Waals surface area contributed by atoms with Crippen molar-refractivity contribution in [2.75, 3.05) is 11.9 Å². The summed E-state index contributed by atoms with van der Waals surface area (Å²) in [5.41, 5.74) is 0.629. The Morgan fingerprint density at radius 1 is 1.03 bits per heavy atom. The van der Waals surface area contributed by atoms with Crippen LogP contribution in [-0.2, 0) is 4.74 Å². The van der Waals surface area contributed by atoms with Crippen LogP contribution in [0.5, 0.6) is 0 Å². The number of benzene rings is 2. The number of esters is 1. The molecule has 1 amide bonds. The lowest BCUT2D eigenvalue weighted by atomic mass is 10.1. The third-order valence-corrected chi connectivity index (χ3v) is 5.96. The van der Waals surface area contributed by atoms with E-state index in [4.69, 9.17) is 4.74 Å². The number of para-hydroxylation sites is 1. The first-order chi connectivity index (χ1) is 18.0. The number of amides is 1. The van der Waals surface area contributed by atoms with Crippen LogP contribution in [0.15, 0.2) is 42.6 Å². The molecule has 0 aliphatic heterocycles. The van der Waals surface area contributed by atoms with Gasteiger partial charge in [0.1, 0.15) is 11.1 Å². The molecule has 0 unspecified atom stereocenters. The molecule has 0 saturated heterocycles. The predicted molar refractivity (Wildman–Crippen MR) is 137 cm³/mol. The highest BCUT2D eigenvalue weighted by molar-refractivity contribution is 6.08. The first kappa shape index (κ1) is 25.9. The molecule has 4 aromatic rings. The van der Waals surface area contributed by atoms with E-state index in [0.29, 0.717) is 5.52 Å². The van der Waals surface area contributed by atoms with Crippen molar-refractivity contribution >= 4 is 40.0 Å². The number of anilines is 1. The number of hydrogen-bond acceptors (Lipinski definition) is 9. The second-order valence-corrected chi connectivity index (χ2v) is 8.42. The van der Waals surface area contributed by atoms with Gasteiger partial charge in [-0.3, -0.25) is 25.0 Å². The van der Waals surface area contributed by atoms with Crippen molar-refractivity contribution in [1.82, 2.24) is 14.8 Å². The predicted octanol–water partition coefficient (Wildman–Crippen LogP) is 4.59. The van der Waals surface area contributed by atoms with Crippen LogP contribution in [0.2, 0.25) is 0 Å². The molecule has 194 valence electrons. The van der Waals surface area contributed by atoms with Gasteiger partial charge in [0, 0.05) is 17.5 Å². The molecule has 38 heavy (non-hydrogen) atoms. The summed E-state index contributed by atoms with van der Waals surface area (Å²) >= 11 is 0. The summed E-state index contributed by atoms with van der Waals surface area (Å²) in [4.78, 5) is 51.9. The third-order valence-electron chi connectivity index (χ3n) is 5.96. The van der Waals surface area contributed by atoms with Crippen LogP contribution in [0.3, 0.4) is 0 Å². The van der Waals surface area contributed by atoms with E-state index >= 15 is 0 Å². The number of aryl methyl sites for hydroxylation is 2. The van der Waals surface area contributed by atoms with Gasteiger partial charge in [0.15, 0.2) is 11.6 Å². The minimum absolute atomic E-state index is 0.0558. The third kappa shape index (κ3) is 4.64. The molecule has 2 aromatic carbocycles. The monoisotopic (exact) mass is 518 g/mol. The first-order valence-corrected chi connectivity index (χ1v) is 11.4. The lowest BCUT2D eigenvalue weighted by Crippen LogP contribution is -2.19. The number of nitrogens with one attached hydrogen (secondary N) is 1. The van der Waals surface area contributed by atoms with Crippen molar-refractivity contribution < 1.29 is 24.2 Å². The fraction of sp³-hybridized carbons (Fsp3) is 0.200. The number of rotatable bonds is 7. The van der Waals surface area contributed by atoms with Crippen LogP contribution in [0.1, 0.15) is 44.3 Å². The largest absolute Gasteiger partial charge is 0.462 e. The van der Waals surface area contributed by atoms with Crippen molar-refractivity contribution in [2.24, 2.45) is 0 Å². The number of ether oxygens (including phenoxy) is 1. The van der Waals surface area contributed by atoms with Gasteiger partial charge in [-0.2, -0.15) is 9.78 Å². The highest BCUT2D eigenvalue weighted by atomic mass is 16.6. The number of nitro benzene ring substituents is 2. The molecule has 0 spiro atoms. The van der Waals surface area contributed by atoms with Gasteiger partial charge in [0.25, 0.3) is 17.3 Å². The van der Waals surface area contributed by atoms with Gasteiger partial charge < -0.3 is 10.1 Å². The maximum absolute atomic E-state index is 13.3. The van der Waals surface area contributed by atoms with E-state index in [-0.39, 0.29) is 34.9 Å². The van der Waals surface area contributed by atoms with Gasteiger partial charge >= 0.3 is 5.97 Å². The topological polar surface area (TPSA) is 172 Å². The smallest absolute Gasteiger partial charge is 0.343 e. The Kier molecular flexibility index (Phi) is 6.84. The molecule has 0 saturated carbocycles. The summed E-state index contributed by atoms with van der Waals surface area (Å²) in [5.74, 6) is -1.53. The van der Waals surface area contributed by atoms with Crippen molar-refractivity contribution in [1.29, 1.82) is 0 Å². The number of carbonyl (C=O) groups is 2. The maximum atomic E-state index is 13.3. The van der Waals surface area contributed by atoms with Gasteiger partial charge in [-0.25, -0.2) is 9.78 Å². The zero-order chi connectivity index (χ0) is 27.7. The number of hydrogen-bond donors (Lipinski definition) is 1. The van der Waals surface area contributed by atoms with Crippen LogP contribution in [-0.4, -0.2) is 43.1 Å². The van der Waals surface area contributed by atoms with E-state index in [9.17, 15) is 29.8 Å². The van der Waals surface area contributed by atoms with Crippen molar-refractivity contribution in [3.63, 3.8) is 0 Å². The molecule has 0 bridgehead atoms. The summed E-state index contributed by atoms with van der Waals surface area (Å²) < 4.78 is 6.33. The minimum Gasteiger partial charge on any atom is -0.462 e. The Morgan fingerprint density at radius 3 is 2.29 bits per heavy atom. The molecule has 0 atom stereocenters. The summed E-state index contributed by atoms with van der Waals surface area (Å²) in [6, 6.07) is 9.31. The Morgan fingerprint density at radius 2 is 1.68 bits per heavy atom. The van der Waals surface area contributed by atoms with Crippen LogP contribution in [0.4, 0.5) is 17.2 Å². The molecule has 0 aliphatic rings. The molecule has 2 aromatic heterocycles. The normalized spacial score (nSPS) is 10.8. The quantitative estimate of drug-likeness (QED) is 0.208. The molecule has 2 heterocycles. The number of carbonyl (C=O) groups excluding carboxylic acids is 2. The molecule has 1 N–H and O–H groups in total. The Hall–Kier alpha value is -5.20. The van der Waals surface area contributed by atoms with Crippen LogP contribution >= 0.6 is 0 Å². The summed E-state index contributed by atoms with van der Waals surface area (Å²) in [5, 5.41) is 30.6. The zero-order valence-electron chi connectivity index (χ0n) is 20.8. The fourth-order valence-corrected chi connectivity index (χ4v) is 4.03. The summed E-state index contributed by atoms with van der Waals surface area (Å²) in [6.45, 7) is 6.67. The molecule has 0 fully saturated rings. The first-order valence-electron chi connectivity index (χ1n) is 11.4. The van der Waals surface area contributed by atoms with E-state index in [1.165, 1.54) is 17.8 Å². The average Bonchev–Trinajstić information content (AvgIpc) is 3.28. The van der Waals surface area contributed by atoms with Crippen LogP contribution < -0.4 is 5.32 Å². The molecule has 0 radical (unpaired) electrons. The Labute approximate surface area is 215 Å². The lowest BCUT2D eigenvalue weighted by Gasteiger charge is -2.13. The van der Waals surface area contributed by atoms with E-state index in [1.807, 2.05) is 32.0 Å². The molecule has 13 nitrogen and oxygen atoms in total. The van der Waals surface area contributed by atoms with Gasteiger partial charge in [-0.1, -0.05) is 18.2 Å². The molecule has 0 aliphatic carbocycles. The van der Waals surface area contributed by atoms with Gasteiger partial charge in [0.2, 0.25) is 0 Å². The summed E-state index contributed by atoms with van der Waals surface area (Å²) in [7, 11) is 0. The molecular formula is C25H22N6O7. The van der Waals surface area contributed by atoms with Gasteiger partial charge in [-0.15, -0.1) is 0 Å². The highest BCUT2D eigenvalue weighted by Crippen LogP contribution is 2.31. The van der Waals surface area contributed by atoms with E-state index in [1.54, 1.807) is 13.0 Å². The SMILES string of the molecule is CCOC(=O)c1cnn(-c2cc(C)c3cccc(C)c3n2)c1NC(=O)c1cc([N+](=O)[O-])c(C)c([N+](=O)[O-])c1. The standard InChI is InChI=1S/C25H22N6O7/c1-5-38-25(33)18-12-26-29(21-9-14(3)17-8-6-7-13(2)22(17)27-21)23(18)28-24(32)16-10-19(30(34)35)15(4)20(11-16)31(36)37/h6-12H,5H2,1-4H3,(H,28,32). The van der Waals surface area contributed by atoms with Crippen molar-refractivity contribution in [3.05, 3.63) is 90.6 Å². The van der Waals surface area contributed by atoms with Crippen molar-refractivity contribution in [3.8, 4) is 5.82 Å². The fourth-order valence-electron chi connectivity index (χ4n) is 4.03.